The highest BCUT2D eigenvalue weighted by molar-refractivity contribution is 7.80. The van der Waals surface area contributed by atoms with Gasteiger partial charge in [-0.15, -0.1) is 0 Å². The van der Waals surface area contributed by atoms with Crippen LogP contribution >= 0.6 is 12.2 Å². The lowest BCUT2D eigenvalue weighted by molar-refractivity contribution is -0.118. The van der Waals surface area contributed by atoms with E-state index in [0.29, 0.717) is 16.2 Å². The summed E-state index contributed by atoms with van der Waals surface area (Å²) in [4.78, 5) is 12.3. The molecule has 0 bridgehead atoms. The van der Waals surface area contributed by atoms with Gasteiger partial charge in [0.1, 0.15) is 4.99 Å². The highest BCUT2D eigenvalue weighted by Gasteiger charge is 2.50. The smallest absolute Gasteiger partial charge is 0.228 e. The van der Waals surface area contributed by atoms with E-state index in [4.69, 9.17) is 18.0 Å². The minimum atomic E-state index is 0.0544. The number of hydrogen-bond acceptors (Lipinski definition) is 2. The zero-order valence-corrected chi connectivity index (χ0v) is 10.8. The number of amides is 1. The summed E-state index contributed by atoms with van der Waals surface area (Å²) in [5, 5.41) is 2.90. The Balaban J connectivity index is 2.14. The van der Waals surface area contributed by atoms with Crippen LogP contribution in [-0.2, 0) is 4.79 Å². The normalized spacial score (nSPS) is 20.7. The largest absolute Gasteiger partial charge is 0.389 e. The summed E-state index contributed by atoms with van der Waals surface area (Å²) in [7, 11) is 0. The van der Waals surface area contributed by atoms with Gasteiger partial charge in [0, 0.05) is 11.5 Å². The van der Waals surface area contributed by atoms with E-state index in [2.05, 4.69) is 19.2 Å². The maximum Gasteiger partial charge on any atom is 0.228 e. The van der Waals surface area contributed by atoms with Gasteiger partial charge in [0.05, 0.1) is 5.69 Å². The monoisotopic (exact) mass is 248 g/mol. The molecule has 0 saturated heterocycles. The number of anilines is 1. The molecular weight excluding hydrogens is 232 g/mol. The van der Waals surface area contributed by atoms with Gasteiger partial charge in [0.15, 0.2) is 0 Å². The fourth-order valence-corrected chi connectivity index (χ4v) is 2.12. The molecule has 4 heteroatoms. The molecule has 0 spiro atoms. The molecule has 1 aromatic carbocycles. The summed E-state index contributed by atoms with van der Waals surface area (Å²) in [6.45, 7) is 4.19. The molecule has 90 valence electrons. The molecule has 1 atom stereocenters. The van der Waals surface area contributed by atoms with E-state index in [1.807, 2.05) is 24.3 Å². The van der Waals surface area contributed by atoms with Crippen molar-refractivity contribution in [3.8, 4) is 0 Å². The highest BCUT2D eigenvalue weighted by Crippen LogP contribution is 2.52. The van der Waals surface area contributed by atoms with Crippen LogP contribution in [0.3, 0.4) is 0 Å². The molecule has 1 aliphatic carbocycles. The molecule has 0 radical (unpaired) electrons. The summed E-state index contributed by atoms with van der Waals surface area (Å²) >= 11 is 4.96. The number of hydrogen-bond donors (Lipinski definition) is 2. The van der Waals surface area contributed by atoms with Crippen LogP contribution in [0.15, 0.2) is 24.3 Å². The number of rotatable bonds is 3. The maximum atomic E-state index is 12.0. The van der Waals surface area contributed by atoms with Gasteiger partial charge in [0.25, 0.3) is 0 Å². The van der Waals surface area contributed by atoms with Gasteiger partial charge in [-0.3, -0.25) is 4.79 Å². The summed E-state index contributed by atoms with van der Waals surface area (Å²) in [5.41, 5.74) is 7.16. The topological polar surface area (TPSA) is 55.1 Å². The maximum absolute atomic E-state index is 12.0. The molecule has 1 unspecified atom stereocenters. The lowest BCUT2D eigenvalue weighted by Crippen LogP contribution is -2.20. The molecule has 0 heterocycles. The quantitative estimate of drug-likeness (QED) is 0.807. The Labute approximate surface area is 106 Å². The first-order valence-electron chi connectivity index (χ1n) is 5.61. The highest BCUT2D eigenvalue weighted by atomic mass is 32.1. The fraction of sp³-hybridized carbons (Fsp3) is 0.385. The van der Waals surface area contributed by atoms with E-state index in [9.17, 15) is 4.79 Å². The first-order valence-corrected chi connectivity index (χ1v) is 6.02. The molecular formula is C13H16N2OS. The summed E-state index contributed by atoms with van der Waals surface area (Å²) in [6.07, 6.45) is 0.939. The van der Waals surface area contributed by atoms with Crippen LogP contribution in [0.25, 0.3) is 0 Å². The first kappa shape index (κ1) is 12.0. The van der Waals surface area contributed by atoms with Gasteiger partial charge < -0.3 is 11.1 Å². The van der Waals surface area contributed by atoms with Crippen LogP contribution in [0.2, 0.25) is 0 Å². The SMILES string of the molecule is CC1(C)CC1C(=O)Nc1ccccc1C(N)=S. The molecule has 17 heavy (non-hydrogen) atoms. The molecule has 3 nitrogen and oxygen atoms in total. The van der Waals surface area contributed by atoms with Gasteiger partial charge in [-0.25, -0.2) is 0 Å². The number of benzene rings is 1. The molecule has 3 N–H and O–H groups in total. The van der Waals surface area contributed by atoms with Crippen LogP contribution in [0.1, 0.15) is 25.8 Å². The van der Waals surface area contributed by atoms with Crippen molar-refractivity contribution in [2.75, 3.05) is 5.32 Å². The molecule has 1 aliphatic rings. The van der Waals surface area contributed by atoms with Crippen molar-refractivity contribution in [3.63, 3.8) is 0 Å². The average Bonchev–Trinajstić information content (AvgIpc) is 2.88. The van der Waals surface area contributed by atoms with Crippen LogP contribution < -0.4 is 11.1 Å². The number of carbonyl (C=O) groups is 1. The lowest BCUT2D eigenvalue weighted by atomic mass is 10.1. The second-order valence-corrected chi connectivity index (χ2v) is 5.58. The van der Waals surface area contributed by atoms with E-state index < -0.39 is 0 Å². The Hall–Kier alpha value is -1.42. The molecule has 1 aromatic rings. The van der Waals surface area contributed by atoms with Crippen molar-refractivity contribution in [2.24, 2.45) is 17.1 Å². The predicted molar refractivity (Wildman–Crippen MR) is 72.8 cm³/mol. The van der Waals surface area contributed by atoms with Crippen molar-refractivity contribution < 1.29 is 4.79 Å². The Kier molecular flexibility index (Phi) is 2.91. The van der Waals surface area contributed by atoms with Crippen molar-refractivity contribution >= 4 is 28.8 Å². The number of carbonyl (C=O) groups excluding carboxylic acids is 1. The lowest BCUT2D eigenvalue weighted by Gasteiger charge is -2.10. The number of nitrogens with one attached hydrogen (secondary N) is 1. The fourth-order valence-electron chi connectivity index (χ4n) is 1.94. The van der Waals surface area contributed by atoms with Crippen LogP contribution in [0, 0.1) is 11.3 Å². The van der Waals surface area contributed by atoms with E-state index >= 15 is 0 Å². The van der Waals surface area contributed by atoms with Gasteiger partial charge in [-0.1, -0.05) is 38.2 Å². The average molecular weight is 248 g/mol. The van der Waals surface area contributed by atoms with Crippen molar-refractivity contribution in [3.05, 3.63) is 29.8 Å². The van der Waals surface area contributed by atoms with Crippen LogP contribution in [0.4, 0.5) is 5.69 Å². The third-order valence-corrected chi connectivity index (χ3v) is 3.50. The zero-order chi connectivity index (χ0) is 12.6. The van der Waals surface area contributed by atoms with Gasteiger partial charge >= 0.3 is 0 Å². The third-order valence-electron chi connectivity index (χ3n) is 3.28. The van der Waals surface area contributed by atoms with E-state index in [1.165, 1.54) is 0 Å². The van der Waals surface area contributed by atoms with E-state index in [1.54, 1.807) is 0 Å². The van der Waals surface area contributed by atoms with Gasteiger partial charge in [-0.05, 0) is 24.0 Å². The number of para-hydroxylation sites is 1. The molecule has 0 aliphatic heterocycles. The van der Waals surface area contributed by atoms with Crippen molar-refractivity contribution in [2.45, 2.75) is 20.3 Å². The van der Waals surface area contributed by atoms with E-state index in [-0.39, 0.29) is 17.2 Å². The summed E-state index contributed by atoms with van der Waals surface area (Å²) in [6, 6.07) is 7.35. The number of thiocarbonyl (C=S) groups is 1. The third kappa shape index (κ3) is 2.47. The van der Waals surface area contributed by atoms with Crippen molar-refractivity contribution in [1.82, 2.24) is 0 Å². The minimum absolute atomic E-state index is 0.0544. The zero-order valence-electron chi connectivity index (χ0n) is 9.99. The van der Waals surface area contributed by atoms with Crippen LogP contribution in [-0.4, -0.2) is 10.9 Å². The molecule has 1 fully saturated rings. The first-order chi connectivity index (χ1) is 7.92. The standard InChI is InChI=1S/C13H16N2OS/c1-13(2)7-9(13)12(16)15-10-6-4-3-5-8(10)11(14)17/h3-6,9H,7H2,1-2H3,(H2,14,17)(H,15,16). The Bertz CT molecular complexity index is 482. The second-order valence-electron chi connectivity index (χ2n) is 5.14. The molecule has 1 saturated carbocycles. The summed E-state index contributed by atoms with van der Waals surface area (Å²) < 4.78 is 0. The Morgan fingerprint density at radius 1 is 1.47 bits per heavy atom. The van der Waals surface area contributed by atoms with Crippen LogP contribution in [0.5, 0.6) is 0 Å². The van der Waals surface area contributed by atoms with Gasteiger partial charge in [-0.2, -0.15) is 0 Å². The molecule has 2 rings (SSSR count). The van der Waals surface area contributed by atoms with Gasteiger partial charge in [0.2, 0.25) is 5.91 Å². The molecule has 0 aromatic heterocycles. The summed E-state index contributed by atoms with van der Waals surface area (Å²) in [5.74, 6) is 0.153. The molecule has 1 amide bonds. The predicted octanol–water partition coefficient (Wildman–Crippen LogP) is 2.31. The Morgan fingerprint density at radius 2 is 2.06 bits per heavy atom. The van der Waals surface area contributed by atoms with Crippen molar-refractivity contribution in [1.29, 1.82) is 0 Å². The Morgan fingerprint density at radius 3 is 2.59 bits per heavy atom. The number of nitrogens with two attached hydrogens (primary N) is 1. The minimum Gasteiger partial charge on any atom is -0.389 e. The van der Waals surface area contributed by atoms with E-state index in [0.717, 1.165) is 6.42 Å². The second kappa shape index (κ2) is 4.11.